The third-order valence-corrected chi connectivity index (χ3v) is 3.16. The van der Waals surface area contributed by atoms with E-state index in [2.05, 4.69) is 4.98 Å². The summed E-state index contributed by atoms with van der Waals surface area (Å²) in [5, 5.41) is 0. The van der Waals surface area contributed by atoms with Crippen molar-refractivity contribution in [1.82, 2.24) is 9.88 Å². The number of hydrogen-bond acceptors (Lipinski definition) is 2. The summed E-state index contributed by atoms with van der Waals surface area (Å²) in [5.74, 6) is -1.12. The van der Waals surface area contributed by atoms with Crippen molar-refractivity contribution in [2.24, 2.45) is 5.92 Å². The molecule has 1 aromatic heterocycles. The van der Waals surface area contributed by atoms with Gasteiger partial charge < -0.3 is 0 Å². The van der Waals surface area contributed by atoms with E-state index in [1.807, 2.05) is 23.1 Å². The Bertz CT molecular complexity index is 343. The average Bonchev–Trinajstić information content (AvgIpc) is 2.30. The molecule has 0 atom stereocenters. The van der Waals surface area contributed by atoms with Crippen molar-refractivity contribution in [2.75, 3.05) is 13.1 Å². The highest BCUT2D eigenvalue weighted by Crippen LogP contribution is 2.34. The quantitative estimate of drug-likeness (QED) is 0.795. The smallest absolute Gasteiger partial charge is 0.297 e. The number of hydrogen-bond donors (Lipinski definition) is 0. The molecule has 1 saturated heterocycles. The number of halogens is 3. The lowest BCUT2D eigenvalue weighted by molar-refractivity contribution is -0.185. The Labute approximate surface area is 98.5 Å². The van der Waals surface area contributed by atoms with Gasteiger partial charge in [-0.15, -0.1) is 0 Å². The molecule has 0 aromatic carbocycles. The molecule has 0 amide bonds. The Morgan fingerprint density at radius 1 is 1.24 bits per heavy atom. The first kappa shape index (κ1) is 12.4. The van der Waals surface area contributed by atoms with Gasteiger partial charge in [0.05, 0.1) is 11.6 Å². The average molecular weight is 244 g/mol. The summed E-state index contributed by atoms with van der Waals surface area (Å²) in [6.07, 6.45) is -1.92. The summed E-state index contributed by atoms with van der Waals surface area (Å²) < 4.78 is 37.4. The molecule has 0 unspecified atom stereocenters. The van der Waals surface area contributed by atoms with Crippen LogP contribution in [0.2, 0.25) is 0 Å². The van der Waals surface area contributed by atoms with E-state index >= 15 is 0 Å². The summed E-state index contributed by atoms with van der Waals surface area (Å²) in [7, 11) is 0. The van der Waals surface area contributed by atoms with E-state index in [0.717, 1.165) is 5.69 Å². The maximum Gasteiger partial charge on any atom is 0.391 e. The van der Waals surface area contributed by atoms with Crippen molar-refractivity contribution in [3.05, 3.63) is 30.1 Å². The zero-order chi connectivity index (χ0) is 12.3. The van der Waals surface area contributed by atoms with Gasteiger partial charge >= 0.3 is 6.18 Å². The van der Waals surface area contributed by atoms with Crippen molar-refractivity contribution < 1.29 is 13.2 Å². The summed E-state index contributed by atoms with van der Waals surface area (Å²) in [5.41, 5.74) is 0.915. The van der Waals surface area contributed by atoms with E-state index < -0.39 is 12.1 Å². The molecule has 1 aliphatic rings. The summed E-state index contributed by atoms with van der Waals surface area (Å²) in [6.45, 7) is 1.65. The van der Waals surface area contributed by atoms with Crippen LogP contribution in [-0.2, 0) is 6.54 Å². The van der Waals surface area contributed by atoms with Crippen molar-refractivity contribution in [3.8, 4) is 0 Å². The van der Waals surface area contributed by atoms with Gasteiger partial charge in [0.15, 0.2) is 0 Å². The lowest BCUT2D eigenvalue weighted by Crippen LogP contribution is -2.38. The van der Waals surface area contributed by atoms with Crippen molar-refractivity contribution in [2.45, 2.75) is 25.6 Å². The van der Waals surface area contributed by atoms with Gasteiger partial charge in [-0.3, -0.25) is 9.88 Å². The minimum atomic E-state index is -4.03. The van der Waals surface area contributed by atoms with Crippen molar-refractivity contribution in [3.63, 3.8) is 0 Å². The molecular weight excluding hydrogens is 229 g/mol. The molecule has 1 aromatic rings. The molecule has 94 valence electrons. The fraction of sp³-hybridized carbons (Fsp3) is 0.583. The van der Waals surface area contributed by atoms with E-state index in [4.69, 9.17) is 0 Å². The molecule has 0 aliphatic carbocycles. The highest BCUT2D eigenvalue weighted by molar-refractivity contribution is 5.03. The van der Waals surface area contributed by atoms with E-state index in [1.165, 1.54) is 0 Å². The molecule has 2 nitrogen and oxygen atoms in total. The molecule has 1 fully saturated rings. The van der Waals surface area contributed by atoms with Crippen LogP contribution in [-0.4, -0.2) is 29.1 Å². The predicted molar refractivity (Wildman–Crippen MR) is 58.3 cm³/mol. The predicted octanol–water partition coefficient (Wildman–Crippen LogP) is 2.86. The lowest BCUT2D eigenvalue weighted by Gasteiger charge is -2.32. The SMILES string of the molecule is FC(F)(F)C1CCN(Cc2ccccn2)CC1. The number of piperidine rings is 1. The van der Waals surface area contributed by atoms with Crippen LogP contribution in [0.4, 0.5) is 13.2 Å². The Hall–Kier alpha value is -1.10. The van der Waals surface area contributed by atoms with Crippen LogP contribution in [0.3, 0.4) is 0 Å². The monoisotopic (exact) mass is 244 g/mol. The van der Waals surface area contributed by atoms with Crippen LogP contribution in [0.5, 0.6) is 0 Å². The first-order chi connectivity index (χ1) is 8.05. The third kappa shape index (κ3) is 3.43. The fourth-order valence-electron chi connectivity index (χ4n) is 2.14. The molecule has 0 saturated carbocycles. The number of rotatable bonds is 2. The van der Waals surface area contributed by atoms with Crippen LogP contribution in [0.1, 0.15) is 18.5 Å². The zero-order valence-electron chi connectivity index (χ0n) is 9.45. The van der Waals surface area contributed by atoms with Gasteiger partial charge in [-0.05, 0) is 38.1 Å². The van der Waals surface area contributed by atoms with Gasteiger partial charge in [0.1, 0.15) is 0 Å². The molecule has 0 N–H and O–H groups in total. The number of alkyl halides is 3. The first-order valence-electron chi connectivity index (χ1n) is 5.74. The van der Waals surface area contributed by atoms with Gasteiger partial charge in [0.2, 0.25) is 0 Å². The number of pyridine rings is 1. The molecule has 5 heteroatoms. The lowest BCUT2D eigenvalue weighted by atomic mass is 9.96. The molecule has 2 rings (SSSR count). The van der Waals surface area contributed by atoms with Crippen LogP contribution in [0.25, 0.3) is 0 Å². The Kier molecular flexibility index (Phi) is 3.66. The zero-order valence-corrected chi connectivity index (χ0v) is 9.45. The van der Waals surface area contributed by atoms with Gasteiger partial charge in [0.25, 0.3) is 0 Å². The van der Waals surface area contributed by atoms with Crippen LogP contribution < -0.4 is 0 Å². The molecule has 0 radical (unpaired) electrons. The Balaban J connectivity index is 1.84. The first-order valence-corrected chi connectivity index (χ1v) is 5.74. The number of likely N-dealkylation sites (tertiary alicyclic amines) is 1. The van der Waals surface area contributed by atoms with Crippen molar-refractivity contribution >= 4 is 0 Å². The number of nitrogens with zero attached hydrogens (tertiary/aromatic N) is 2. The molecule has 1 aliphatic heterocycles. The molecule has 0 bridgehead atoms. The Morgan fingerprint density at radius 2 is 1.94 bits per heavy atom. The van der Waals surface area contributed by atoms with Crippen LogP contribution >= 0.6 is 0 Å². The van der Waals surface area contributed by atoms with Gasteiger partial charge in [-0.25, -0.2) is 0 Å². The van der Waals surface area contributed by atoms with E-state index in [1.54, 1.807) is 6.20 Å². The van der Waals surface area contributed by atoms with Gasteiger partial charge in [0, 0.05) is 12.7 Å². The fourth-order valence-corrected chi connectivity index (χ4v) is 2.14. The van der Waals surface area contributed by atoms with Gasteiger partial charge in [-0.2, -0.15) is 13.2 Å². The minimum absolute atomic E-state index is 0.205. The third-order valence-electron chi connectivity index (χ3n) is 3.16. The normalized spacial score (nSPS) is 19.5. The second-order valence-corrected chi connectivity index (χ2v) is 4.41. The summed E-state index contributed by atoms with van der Waals surface area (Å²) in [4.78, 5) is 6.21. The van der Waals surface area contributed by atoms with Crippen molar-refractivity contribution in [1.29, 1.82) is 0 Å². The largest absolute Gasteiger partial charge is 0.391 e. The molecular formula is C12H15F3N2. The summed E-state index contributed by atoms with van der Waals surface area (Å²) in [6, 6.07) is 5.63. The second kappa shape index (κ2) is 5.04. The standard InChI is InChI=1S/C12H15F3N2/c13-12(14,15)10-4-7-17(8-5-10)9-11-3-1-2-6-16-11/h1-3,6,10H,4-5,7-9H2. The second-order valence-electron chi connectivity index (χ2n) is 4.41. The highest BCUT2D eigenvalue weighted by atomic mass is 19.4. The van der Waals surface area contributed by atoms with Crippen LogP contribution in [0.15, 0.2) is 24.4 Å². The maximum atomic E-state index is 12.5. The topological polar surface area (TPSA) is 16.1 Å². The van der Waals surface area contributed by atoms with E-state index in [0.29, 0.717) is 19.6 Å². The number of aromatic nitrogens is 1. The van der Waals surface area contributed by atoms with Gasteiger partial charge in [-0.1, -0.05) is 6.07 Å². The van der Waals surface area contributed by atoms with E-state index in [9.17, 15) is 13.2 Å². The molecule has 2 heterocycles. The molecule has 17 heavy (non-hydrogen) atoms. The highest BCUT2D eigenvalue weighted by Gasteiger charge is 2.40. The summed E-state index contributed by atoms with van der Waals surface area (Å²) >= 11 is 0. The maximum absolute atomic E-state index is 12.5. The minimum Gasteiger partial charge on any atom is -0.297 e. The molecule has 0 spiro atoms. The van der Waals surface area contributed by atoms with E-state index in [-0.39, 0.29) is 12.8 Å². The Morgan fingerprint density at radius 3 is 2.47 bits per heavy atom. The van der Waals surface area contributed by atoms with Crippen LogP contribution in [0, 0.1) is 5.92 Å².